The lowest BCUT2D eigenvalue weighted by molar-refractivity contribution is -0.0469. The number of ether oxygens (including phenoxy) is 2. The van der Waals surface area contributed by atoms with Crippen molar-refractivity contribution in [3.8, 4) is 5.75 Å². The summed E-state index contributed by atoms with van der Waals surface area (Å²) in [6.45, 7) is 8.82. The minimum atomic E-state index is -0.487. The molecule has 0 saturated carbocycles. The lowest BCUT2D eigenvalue weighted by atomic mass is 10.0. The zero-order chi connectivity index (χ0) is 22.9. The third-order valence-corrected chi connectivity index (χ3v) is 5.80. The Hall–Kier alpha value is -3.19. The number of benzene rings is 2. The van der Waals surface area contributed by atoms with Crippen LogP contribution in [0.5, 0.6) is 5.75 Å². The van der Waals surface area contributed by atoms with Crippen LogP contribution in [0, 0.1) is 0 Å². The number of amides is 2. The molecule has 0 atom stereocenters. The van der Waals surface area contributed by atoms with Crippen LogP contribution >= 0.6 is 0 Å². The summed E-state index contributed by atoms with van der Waals surface area (Å²) in [6, 6.07) is 12.7. The Bertz CT molecular complexity index is 1110. The van der Waals surface area contributed by atoms with Crippen molar-refractivity contribution in [3.63, 3.8) is 0 Å². The molecule has 0 unspecified atom stereocenters. The van der Waals surface area contributed by atoms with E-state index >= 15 is 0 Å². The Balaban J connectivity index is 1.27. The van der Waals surface area contributed by atoms with E-state index in [1.165, 1.54) is 4.90 Å². The van der Waals surface area contributed by atoms with E-state index in [4.69, 9.17) is 9.47 Å². The molecule has 3 aromatic rings. The van der Waals surface area contributed by atoms with Gasteiger partial charge in [-0.05, 0) is 58.4 Å². The number of aromatic amines is 1. The van der Waals surface area contributed by atoms with Crippen molar-refractivity contribution < 1.29 is 19.1 Å². The van der Waals surface area contributed by atoms with Crippen LogP contribution in [-0.2, 0) is 4.74 Å². The van der Waals surface area contributed by atoms with Gasteiger partial charge in [-0.15, -0.1) is 0 Å². The smallest absolute Gasteiger partial charge is 0.261 e. The maximum Gasteiger partial charge on any atom is 0.261 e. The van der Waals surface area contributed by atoms with Gasteiger partial charge in [0.25, 0.3) is 11.8 Å². The number of fused-ring (bicyclic) bond motifs is 2. The van der Waals surface area contributed by atoms with Gasteiger partial charge in [0.1, 0.15) is 11.4 Å². The fourth-order valence-electron chi connectivity index (χ4n) is 3.81. The molecule has 7 nitrogen and oxygen atoms in total. The Labute approximate surface area is 187 Å². The monoisotopic (exact) mass is 435 g/mol. The van der Waals surface area contributed by atoms with Crippen LogP contribution in [0.25, 0.3) is 11.0 Å². The van der Waals surface area contributed by atoms with E-state index in [2.05, 4.69) is 9.97 Å². The quantitative estimate of drug-likeness (QED) is 0.497. The average molecular weight is 436 g/mol. The van der Waals surface area contributed by atoms with Gasteiger partial charge in [-0.25, -0.2) is 4.98 Å². The number of imide groups is 1. The standard InChI is InChI=1S/C25H29N3O4/c1-24(2,11-13-28-22(29)18-7-5-6-8-19(18)23(28)30)31-14-12-25(3,4)32-17-9-10-20-21(15-17)27-16-26-20/h5-10,15-16H,11-14H2,1-4H3,(H,26,27). The van der Waals surface area contributed by atoms with Gasteiger partial charge in [-0.3, -0.25) is 14.5 Å². The van der Waals surface area contributed by atoms with Crippen molar-refractivity contribution in [2.75, 3.05) is 13.2 Å². The van der Waals surface area contributed by atoms with Gasteiger partial charge in [0.05, 0.1) is 40.7 Å². The molecule has 0 bridgehead atoms. The molecule has 0 saturated heterocycles. The molecular weight excluding hydrogens is 406 g/mol. The molecule has 2 amide bonds. The van der Waals surface area contributed by atoms with Crippen LogP contribution in [-0.4, -0.2) is 51.0 Å². The van der Waals surface area contributed by atoms with Crippen molar-refractivity contribution in [2.24, 2.45) is 0 Å². The number of nitrogens with zero attached hydrogens (tertiary/aromatic N) is 2. The number of nitrogens with one attached hydrogen (secondary N) is 1. The van der Waals surface area contributed by atoms with Crippen LogP contribution in [0.1, 0.15) is 61.3 Å². The first-order valence-electron chi connectivity index (χ1n) is 10.9. The number of rotatable bonds is 9. The molecule has 1 aliphatic rings. The molecule has 2 heterocycles. The SMILES string of the molecule is CC(C)(CCN1C(=O)c2ccccc2C1=O)OCCC(C)(C)Oc1ccc2[nH]cnc2c1. The molecule has 1 N–H and O–H groups in total. The van der Waals surface area contributed by atoms with Gasteiger partial charge < -0.3 is 14.5 Å². The van der Waals surface area contributed by atoms with E-state index in [-0.39, 0.29) is 11.8 Å². The maximum absolute atomic E-state index is 12.5. The number of carbonyl (C=O) groups is 2. The number of H-pyrrole nitrogens is 1. The van der Waals surface area contributed by atoms with Crippen LogP contribution in [0.15, 0.2) is 48.8 Å². The third-order valence-electron chi connectivity index (χ3n) is 5.80. The molecule has 0 aliphatic carbocycles. The van der Waals surface area contributed by atoms with E-state index < -0.39 is 11.2 Å². The van der Waals surface area contributed by atoms with Gasteiger partial charge in [0.2, 0.25) is 0 Å². The lowest BCUT2D eigenvalue weighted by Crippen LogP contribution is -2.37. The van der Waals surface area contributed by atoms with Crippen LogP contribution in [0.3, 0.4) is 0 Å². The Kier molecular flexibility index (Phi) is 5.77. The molecule has 1 aromatic heterocycles. The summed E-state index contributed by atoms with van der Waals surface area (Å²) in [5, 5.41) is 0. The summed E-state index contributed by atoms with van der Waals surface area (Å²) in [4.78, 5) is 33.8. The summed E-state index contributed by atoms with van der Waals surface area (Å²) in [6.07, 6.45) is 2.90. The van der Waals surface area contributed by atoms with Crippen LogP contribution in [0.2, 0.25) is 0 Å². The van der Waals surface area contributed by atoms with Crippen molar-refractivity contribution in [1.82, 2.24) is 14.9 Å². The highest BCUT2D eigenvalue weighted by Crippen LogP contribution is 2.27. The molecule has 2 aromatic carbocycles. The summed E-state index contributed by atoms with van der Waals surface area (Å²) in [5.41, 5.74) is 1.87. The fraction of sp³-hybridized carbons (Fsp3) is 0.400. The molecule has 168 valence electrons. The minimum absolute atomic E-state index is 0.232. The second kappa shape index (κ2) is 8.39. The largest absolute Gasteiger partial charge is 0.488 e. The zero-order valence-corrected chi connectivity index (χ0v) is 19.0. The average Bonchev–Trinajstić information content (AvgIpc) is 3.29. The second-order valence-electron chi connectivity index (χ2n) is 9.36. The maximum atomic E-state index is 12.5. The molecule has 4 rings (SSSR count). The number of imidazole rings is 1. The van der Waals surface area contributed by atoms with Crippen molar-refractivity contribution in [2.45, 2.75) is 51.7 Å². The normalized spacial score (nSPS) is 14.3. The minimum Gasteiger partial charge on any atom is -0.488 e. The van der Waals surface area contributed by atoms with Gasteiger partial charge >= 0.3 is 0 Å². The lowest BCUT2D eigenvalue weighted by Gasteiger charge is -2.31. The van der Waals surface area contributed by atoms with Crippen molar-refractivity contribution in [1.29, 1.82) is 0 Å². The van der Waals surface area contributed by atoms with Crippen molar-refractivity contribution in [3.05, 3.63) is 59.9 Å². The topological polar surface area (TPSA) is 84.5 Å². The first kappa shape index (κ1) is 22.0. The van der Waals surface area contributed by atoms with Crippen LogP contribution in [0.4, 0.5) is 0 Å². The molecule has 0 radical (unpaired) electrons. The second-order valence-corrected chi connectivity index (χ2v) is 9.36. The van der Waals surface area contributed by atoms with Gasteiger partial charge in [-0.1, -0.05) is 12.1 Å². The Morgan fingerprint density at radius 2 is 1.62 bits per heavy atom. The third kappa shape index (κ3) is 4.67. The number of hydrogen-bond acceptors (Lipinski definition) is 5. The first-order chi connectivity index (χ1) is 15.2. The van der Waals surface area contributed by atoms with Gasteiger partial charge in [-0.2, -0.15) is 0 Å². The highest BCUT2D eigenvalue weighted by atomic mass is 16.5. The highest BCUT2D eigenvalue weighted by Gasteiger charge is 2.36. The van der Waals surface area contributed by atoms with Gasteiger partial charge in [0.15, 0.2) is 0 Å². The number of carbonyl (C=O) groups excluding carboxylic acids is 2. The fourth-order valence-corrected chi connectivity index (χ4v) is 3.81. The number of aromatic nitrogens is 2. The summed E-state index contributed by atoms with van der Waals surface area (Å²) in [5.74, 6) is 0.300. The van der Waals surface area contributed by atoms with Gasteiger partial charge in [0, 0.05) is 19.0 Å². The van der Waals surface area contributed by atoms with E-state index in [0.717, 1.165) is 16.8 Å². The first-order valence-corrected chi connectivity index (χ1v) is 10.9. The van der Waals surface area contributed by atoms with Crippen LogP contribution < -0.4 is 4.74 Å². The van der Waals surface area contributed by atoms with E-state index in [0.29, 0.717) is 37.1 Å². The molecule has 0 spiro atoms. The van der Waals surface area contributed by atoms with E-state index in [1.807, 2.05) is 45.9 Å². The highest BCUT2D eigenvalue weighted by molar-refractivity contribution is 6.21. The predicted octanol–water partition coefficient (Wildman–Crippen LogP) is 4.59. The summed E-state index contributed by atoms with van der Waals surface area (Å²) < 4.78 is 12.3. The zero-order valence-electron chi connectivity index (χ0n) is 19.0. The summed E-state index contributed by atoms with van der Waals surface area (Å²) >= 11 is 0. The molecule has 1 aliphatic heterocycles. The van der Waals surface area contributed by atoms with Crippen molar-refractivity contribution >= 4 is 22.8 Å². The molecule has 0 fully saturated rings. The predicted molar refractivity (Wildman–Crippen MR) is 122 cm³/mol. The molecule has 7 heteroatoms. The Morgan fingerprint density at radius 3 is 2.31 bits per heavy atom. The molecular formula is C25H29N3O4. The van der Waals surface area contributed by atoms with E-state index in [1.54, 1.807) is 30.6 Å². The number of hydrogen-bond donors (Lipinski definition) is 1. The Morgan fingerprint density at radius 1 is 0.938 bits per heavy atom. The van der Waals surface area contributed by atoms with E-state index in [9.17, 15) is 9.59 Å². The summed E-state index contributed by atoms with van der Waals surface area (Å²) in [7, 11) is 0. The molecule has 32 heavy (non-hydrogen) atoms.